The fourth-order valence-electron chi connectivity index (χ4n) is 4.81. The summed E-state index contributed by atoms with van der Waals surface area (Å²) in [5, 5.41) is 3.52. The Labute approximate surface area is 195 Å². The van der Waals surface area contributed by atoms with E-state index in [0.717, 1.165) is 54.4 Å². The van der Waals surface area contributed by atoms with Crippen LogP contribution in [-0.4, -0.2) is 74.6 Å². The number of benzene rings is 1. The first kappa shape index (κ1) is 20.6. The van der Waals surface area contributed by atoms with Crippen molar-refractivity contribution in [3.05, 3.63) is 36.0 Å². The molecular formula is C23H25N5O4S. The highest BCUT2D eigenvalue weighted by Crippen LogP contribution is 2.40. The number of nitrogens with zero attached hydrogens (tertiary/aromatic N) is 4. The zero-order valence-corrected chi connectivity index (χ0v) is 19.1. The Balaban J connectivity index is 1.27. The standard InChI is InChI=1S/C23H25N5O4S/c1-30-18-3-2-17(27-6-8-31-9-7-27)21-20(18)25-23(33-21)26-22(29)14-4-5-24-19(10-14)28-12-16-11-15(28)13-32-16/h2-5,10,15-16H,6-9,11-13H2,1H3,(H,25,26,29). The second-order valence-electron chi connectivity index (χ2n) is 8.44. The number of anilines is 3. The number of hydrogen-bond acceptors (Lipinski definition) is 9. The molecule has 2 atom stereocenters. The molecule has 5 heterocycles. The number of ether oxygens (including phenoxy) is 3. The van der Waals surface area contributed by atoms with Crippen molar-refractivity contribution in [3.8, 4) is 5.75 Å². The van der Waals surface area contributed by atoms with E-state index in [1.54, 1.807) is 19.4 Å². The smallest absolute Gasteiger partial charge is 0.257 e. The monoisotopic (exact) mass is 467 g/mol. The number of amides is 1. The summed E-state index contributed by atoms with van der Waals surface area (Å²) in [5.41, 5.74) is 2.40. The van der Waals surface area contributed by atoms with Gasteiger partial charge in [-0.1, -0.05) is 11.3 Å². The molecule has 0 aliphatic carbocycles. The summed E-state index contributed by atoms with van der Waals surface area (Å²) >= 11 is 1.46. The average molecular weight is 468 g/mol. The summed E-state index contributed by atoms with van der Waals surface area (Å²) in [6.07, 6.45) is 2.99. The summed E-state index contributed by atoms with van der Waals surface area (Å²) in [6.45, 7) is 4.59. The van der Waals surface area contributed by atoms with Crippen LogP contribution in [0.25, 0.3) is 10.2 Å². The number of morpholine rings is 2. The van der Waals surface area contributed by atoms with Gasteiger partial charge in [-0.15, -0.1) is 0 Å². The zero-order valence-electron chi connectivity index (χ0n) is 18.3. The number of carbonyl (C=O) groups excluding carboxylic acids is 1. The van der Waals surface area contributed by atoms with Crippen molar-refractivity contribution in [3.63, 3.8) is 0 Å². The number of carbonyl (C=O) groups is 1. The lowest BCUT2D eigenvalue weighted by molar-refractivity contribution is 0.0989. The van der Waals surface area contributed by atoms with Crippen LogP contribution < -0.4 is 19.9 Å². The van der Waals surface area contributed by atoms with Crippen molar-refractivity contribution in [2.24, 2.45) is 0 Å². The van der Waals surface area contributed by atoms with E-state index >= 15 is 0 Å². The molecule has 1 amide bonds. The zero-order chi connectivity index (χ0) is 22.4. The van der Waals surface area contributed by atoms with Gasteiger partial charge in [0.15, 0.2) is 5.13 Å². The van der Waals surface area contributed by atoms with Crippen molar-refractivity contribution in [1.29, 1.82) is 0 Å². The number of hydrogen-bond donors (Lipinski definition) is 1. The van der Waals surface area contributed by atoms with Gasteiger partial charge < -0.3 is 24.0 Å². The van der Waals surface area contributed by atoms with Gasteiger partial charge in [-0.2, -0.15) is 0 Å². The molecule has 1 aromatic carbocycles. The number of fused-ring (bicyclic) bond motifs is 3. The minimum absolute atomic E-state index is 0.204. The molecule has 0 radical (unpaired) electrons. The van der Waals surface area contributed by atoms with E-state index < -0.39 is 0 Å². The van der Waals surface area contributed by atoms with Crippen LogP contribution in [0.1, 0.15) is 16.8 Å². The van der Waals surface area contributed by atoms with Crippen molar-refractivity contribution in [2.75, 3.05) is 61.7 Å². The lowest BCUT2D eigenvalue weighted by Gasteiger charge is -2.29. The van der Waals surface area contributed by atoms with E-state index in [4.69, 9.17) is 19.2 Å². The number of methoxy groups -OCH3 is 1. The lowest BCUT2D eigenvalue weighted by Crippen LogP contribution is -2.37. The summed E-state index contributed by atoms with van der Waals surface area (Å²) in [7, 11) is 1.63. The minimum Gasteiger partial charge on any atom is -0.494 e. The molecule has 3 fully saturated rings. The summed E-state index contributed by atoms with van der Waals surface area (Å²) < 4.78 is 17.7. The fraction of sp³-hybridized carbons (Fsp3) is 0.435. The van der Waals surface area contributed by atoms with Gasteiger partial charge >= 0.3 is 0 Å². The van der Waals surface area contributed by atoms with E-state index in [0.29, 0.717) is 35.7 Å². The van der Waals surface area contributed by atoms with Gasteiger partial charge in [0.1, 0.15) is 17.1 Å². The molecule has 6 rings (SSSR count). The van der Waals surface area contributed by atoms with Crippen LogP contribution in [0.4, 0.5) is 16.6 Å². The Bertz CT molecular complexity index is 1190. The molecule has 0 saturated carbocycles. The molecular weight excluding hydrogens is 442 g/mol. The van der Waals surface area contributed by atoms with Gasteiger partial charge in [-0.05, 0) is 30.7 Å². The van der Waals surface area contributed by atoms with Crippen molar-refractivity contribution >= 4 is 44.1 Å². The molecule has 172 valence electrons. The van der Waals surface area contributed by atoms with Crippen molar-refractivity contribution in [1.82, 2.24) is 9.97 Å². The number of pyridine rings is 1. The largest absolute Gasteiger partial charge is 0.494 e. The second-order valence-corrected chi connectivity index (χ2v) is 9.44. The van der Waals surface area contributed by atoms with Gasteiger partial charge in [0.25, 0.3) is 5.91 Å². The molecule has 2 bridgehead atoms. The highest BCUT2D eigenvalue weighted by molar-refractivity contribution is 7.23. The first-order valence-electron chi connectivity index (χ1n) is 11.2. The minimum atomic E-state index is -0.204. The Morgan fingerprint density at radius 3 is 2.91 bits per heavy atom. The molecule has 3 aliphatic rings. The number of rotatable bonds is 5. The van der Waals surface area contributed by atoms with Crippen molar-refractivity contribution < 1.29 is 19.0 Å². The molecule has 3 saturated heterocycles. The Morgan fingerprint density at radius 1 is 1.27 bits per heavy atom. The van der Waals surface area contributed by atoms with Crippen LogP contribution in [0.2, 0.25) is 0 Å². The number of nitrogens with one attached hydrogen (secondary N) is 1. The number of thiazole rings is 1. The predicted octanol–water partition coefficient (Wildman–Crippen LogP) is 2.77. The molecule has 10 heteroatoms. The maximum Gasteiger partial charge on any atom is 0.257 e. The van der Waals surface area contributed by atoms with E-state index in [9.17, 15) is 4.79 Å². The molecule has 0 spiro atoms. The third-order valence-electron chi connectivity index (χ3n) is 6.48. The van der Waals surface area contributed by atoms with Crippen molar-refractivity contribution in [2.45, 2.75) is 18.6 Å². The first-order valence-corrected chi connectivity index (χ1v) is 12.0. The van der Waals surface area contributed by atoms with Gasteiger partial charge in [0.2, 0.25) is 0 Å². The molecule has 1 N–H and O–H groups in total. The highest BCUT2D eigenvalue weighted by Gasteiger charge is 2.39. The summed E-state index contributed by atoms with van der Waals surface area (Å²) in [4.78, 5) is 26.8. The molecule has 33 heavy (non-hydrogen) atoms. The van der Waals surface area contributed by atoms with Gasteiger partial charge in [0.05, 0.1) is 49.5 Å². The van der Waals surface area contributed by atoms with Gasteiger partial charge in [-0.25, -0.2) is 9.97 Å². The van der Waals surface area contributed by atoms with Crippen LogP contribution in [0.3, 0.4) is 0 Å². The normalized spacial score (nSPS) is 22.2. The molecule has 9 nitrogen and oxygen atoms in total. The lowest BCUT2D eigenvalue weighted by atomic mass is 10.2. The van der Waals surface area contributed by atoms with Crippen LogP contribution in [-0.2, 0) is 9.47 Å². The number of aromatic nitrogens is 2. The summed E-state index contributed by atoms with van der Waals surface area (Å²) in [5.74, 6) is 1.31. The van der Waals surface area contributed by atoms with Gasteiger partial charge in [0, 0.05) is 31.4 Å². The quantitative estimate of drug-likeness (QED) is 0.613. The predicted molar refractivity (Wildman–Crippen MR) is 127 cm³/mol. The highest BCUT2D eigenvalue weighted by atomic mass is 32.1. The van der Waals surface area contributed by atoms with Crippen LogP contribution in [0.15, 0.2) is 30.5 Å². The van der Waals surface area contributed by atoms with Crippen LogP contribution >= 0.6 is 11.3 Å². The second kappa shape index (κ2) is 8.44. The molecule has 2 unspecified atom stereocenters. The van der Waals surface area contributed by atoms with E-state index in [1.165, 1.54) is 11.3 Å². The van der Waals surface area contributed by atoms with Crippen LogP contribution in [0, 0.1) is 0 Å². The average Bonchev–Trinajstić information content (AvgIpc) is 3.60. The van der Waals surface area contributed by atoms with E-state index in [2.05, 4.69) is 26.2 Å². The molecule has 3 aliphatic heterocycles. The maximum absolute atomic E-state index is 13.1. The summed E-state index contributed by atoms with van der Waals surface area (Å²) in [6, 6.07) is 7.91. The SMILES string of the molecule is COc1ccc(N2CCOCC2)c2sc(NC(=O)c3ccnc(N4CC5CC4CO5)c3)nc12. The Morgan fingerprint density at radius 2 is 2.15 bits per heavy atom. The Kier molecular flexibility index (Phi) is 5.28. The third-order valence-corrected chi connectivity index (χ3v) is 7.47. The third kappa shape index (κ3) is 3.77. The van der Waals surface area contributed by atoms with E-state index in [-0.39, 0.29) is 12.0 Å². The Hall–Kier alpha value is -2.95. The van der Waals surface area contributed by atoms with E-state index in [1.807, 2.05) is 12.1 Å². The topological polar surface area (TPSA) is 89.1 Å². The van der Waals surface area contributed by atoms with Crippen LogP contribution in [0.5, 0.6) is 5.75 Å². The molecule has 3 aromatic rings. The fourth-order valence-corrected chi connectivity index (χ4v) is 5.83. The van der Waals surface area contributed by atoms with Gasteiger partial charge in [-0.3, -0.25) is 10.1 Å². The maximum atomic E-state index is 13.1. The first-order chi connectivity index (χ1) is 16.2. The molecule has 2 aromatic heterocycles.